The van der Waals surface area contributed by atoms with E-state index < -0.39 is 0 Å². The highest BCUT2D eigenvalue weighted by Crippen LogP contribution is 2.32. The monoisotopic (exact) mass is 221 g/mol. The van der Waals surface area contributed by atoms with E-state index >= 15 is 0 Å². The fourth-order valence-electron chi connectivity index (χ4n) is 2.76. The first-order valence-corrected chi connectivity index (χ1v) is 6.26. The molecule has 1 atom stereocenters. The van der Waals surface area contributed by atoms with Gasteiger partial charge in [-0.05, 0) is 19.3 Å². The third kappa shape index (κ3) is 1.80. The average molecular weight is 221 g/mol. The summed E-state index contributed by atoms with van der Waals surface area (Å²) in [5.41, 5.74) is 5.88. The minimum Gasteiger partial charge on any atom is -0.338 e. The van der Waals surface area contributed by atoms with Crippen LogP contribution in [0.3, 0.4) is 0 Å². The zero-order chi connectivity index (χ0) is 11.0. The van der Waals surface area contributed by atoms with Crippen molar-refractivity contribution >= 4 is 5.95 Å². The molecular weight excluding hydrogens is 202 g/mol. The Balaban J connectivity index is 1.72. The largest absolute Gasteiger partial charge is 0.338 e. The van der Waals surface area contributed by atoms with Gasteiger partial charge in [0.15, 0.2) is 0 Å². The van der Waals surface area contributed by atoms with Gasteiger partial charge in [-0.1, -0.05) is 12.8 Å². The molecule has 5 nitrogen and oxygen atoms in total. The summed E-state index contributed by atoms with van der Waals surface area (Å²) in [5.74, 6) is 2.53. The molecule has 16 heavy (non-hydrogen) atoms. The van der Waals surface area contributed by atoms with Gasteiger partial charge in [-0.3, -0.25) is 5.10 Å². The second-order valence-electron chi connectivity index (χ2n) is 5.00. The Bertz CT molecular complexity index is 355. The Kier molecular flexibility index (Phi) is 2.55. The van der Waals surface area contributed by atoms with Gasteiger partial charge >= 0.3 is 0 Å². The molecule has 0 bridgehead atoms. The van der Waals surface area contributed by atoms with Crippen molar-refractivity contribution in [2.24, 2.45) is 5.73 Å². The van der Waals surface area contributed by atoms with E-state index in [1.807, 2.05) is 0 Å². The van der Waals surface area contributed by atoms with Gasteiger partial charge in [0.1, 0.15) is 5.82 Å². The van der Waals surface area contributed by atoms with Crippen LogP contribution in [0.5, 0.6) is 0 Å². The maximum Gasteiger partial charge on any atom is 0.244 e. The number of H-pyrrole nitrogens is 1. The molecule has 0 aromatic carbocycles. The SMILES string of the molecule is NC1CCN(c2n[nH]c(C3CCCC3)n2)C1. The summed E-state index contributed by atoms with van der Waals surface area (Å²) >= 11 is 0. The lowest BCUT2D eigenvalue weighted by atomic mass is 10.1. The molecule has 2 fully saturated rings. The van der Waals surface area contributed by atoms with E-state index in [1.165, 1.54) is 25.7 Å². The number of rotatable bonds is 2. The summed E-state index contributed by atoms with van der Waals surface area (Å²) in [6, 6.07) is 0.286. The Morgan fingerprint density at radius 1 is 1.25 bits per heavy atom. The molecule has 1 aliphatic carbocycles. The van der Waals surface area contributed by atoms with Crippen LogP contribution in [-0.4, -0.2) is 34.3 Å². The summed E-state index contributed by atoms with van der Waals surface area (Å²) in [6.07, 6.45) is 6.22. The molecule has 88 valence electrons. The highest BCUT2D eigenvalue weighted by molar-refractivity contribution is 5.31. The molecule has 0 amide bonds. The second-order valence-corrected chi connectivity index (χ2v) is 5.00. The molecule has 2 aliphatic rings. The predicted molar refractivity (Wildman–Crippen MR) is 62.4 cm³/mol. The van der Waals surface area contributed by atoms with Crippen LogP contribution in [0, 0.1) is 0 Å². The van der Waals surface area contributed by atoms with Crippen molar-refractivity contribution in [3.8, 4) is 0 Å². The molecule has 0 spiro atoms. The fraction of sp³-hybridized carbons (Fsp3) is 0.818. The topological polar surface area (TPSA) is 70.8 Å². The van der Waals surface area contributed by atoms with E-state index in [0.29, 0.717) is 5.92 Å². The van der Waals surface area contributed by atoms with Crippen LogP contribution in [0.4, 0.5) is 5.95 Å². The zero-order valence-corrected chi connectivity index (χ0v) is 9.52. The van der Waals surface area contributed by atoms with E-state index in [1.54, 1.807) is 0 Å². The molecule has 2 heterocycles. The summed E-state index contributed by atoms with van der Waals surface area (Å²) < 4.78 is 0. The normalized spacial score (nSPS) is 26.8. The second kappa shape index (κ2) is 4.05. The van der Waals surface area contributed by atoms with Gasteiger partial charge in [0.25, 0.3) is 0 Å². The molecule has 1 saturated carbocycles. The lowest BCUT2D eigenvalue weighted by Gasteiger charge is -2.12. The molecule has 1 saturated heterocycles. The Morgan fingerprint density at radius 2 is 2.06 bits per heavy atom. The van der Waals surface area contributed by atoms with Gasteiger partial charge in [0.2, 0.25) is 5.95 Å². The first-order valence-electron chi connectivity index (χ1n) is 6.26. The summed E-state index contributed by atoms with van der Waals surface area (Å²) in [5, 5.41) is 7.41. The number of nitrogens with zero attached hydrogens (tertiary/aromatic N) is 3. The smallest absolute Gasteiger partial charge is 0.244 e. The minimum absolute atomic E-state index is 0.286. The number of anilines is 1. The fourth-order valence-corrected chi connectivity index (χ4v) is 2.76. The van der Waals surface area contributed by atoms with Crippen LogP contribution >= 0.6 is 0 Å². The van der Waals surface area contributed by atoms with E-state index in [9.17, 15) is 0 Å². The van der Waals surface area contributed by atoms with E-state index in [-0.39, 0.29) is 6.04 Å². The van der Waals surface area contributed by atoms with Crippen LogP contribution < -0.4 is 10.6 Å². The third-order valence-corrected chi connectivity index (χ3v) is 3.74. The Morgan fingerprint density at radius 3 is 2.75 bits per heavy atom. The van der Waals surface area contributed by atoms with Gasteiger partial charge < -0.3 is 10.6 Å². The lowest BCUT2D eigenvalue weighted by Crippen LogP contribution is -2.27. The van der Waals surface area contributed by atoms with Crippen molar-refractivity contribution in [2.45, 2.75) is 44.1 Å². The number of hydrogen-bond acceptors (Lipinski definition) is 4. The van der Waals surface area contributed by atoms with Crippen LogP contribution in [-0.2, 0) is 0 Å². The molecule has 3 rings (SSSR count). The number of aromatic nitrogens is 3. The van der Waals surface area contributed by atoms with Crippen molar-refractivity contribution in [2.75, 3.05) is 18.0 Å². The third-order valence-electron chi connectivity index (χ3n) is 3.74. The number of nitrogens with two attached hydrogens (primary N) is 1. The summed E-state index contributed by atoms with van der Waals surface area (Å²) in [6.45, 7) is 1.88. The lowest BCUT2D eigenvalue weighted by molar-refractivity contribution is 0.671. The minimum atomic E-state index is 0.286. The Hall–Kier alpha value is -1.10. The molecule has 5 heteroatoms. The Labute approximate surface area is 95.4 Å². The van der Waals surface area contributed by atoms with Crippen molar-refractivity contribution in [1.82, 2.24) is 15.2 Å². The van der Waals surface area contributed by atoms with Gasteiger partial charge in [-0.15, -0.1) is 5.10 Å². The van der Waals surface area contributed by atoms with Gasteiger partial charge in [0.05, 0.1) is 0 Å². The number of hydrogen-bond donors (Lipinski definition) is 2. The van der Waals surface area contributed by atoms with Crippen LogP contribution in [0.2, 0.25) is 0 Å². The van der Waals surface area contributed by atoms with Crippen LogP contribution in [0.25, 0.3) is 0 Å². The highest BCUT2D eigenvalue weighted by Gasteiger charge is 2.25. The quantitative estimate of drug-likeness (QED) is 0.781. The first-order chi connectivity index (χ1) is 7.83. The van der Waals surface area contributed by atoms with Crippen LogP contribution in [0.15, 0.2) is 0 Å². The highest BCUT2D eigenvalue weighted by atomic mass is 15.4. The molecular formula is C11H19N5. The van der Waals surface area contributed by atoms with E-state index in [4.69, 9.17) is 5.73 Å². The average Bonchev–Trinajstić information content (AvgIpc) is 2.97. The predicted octanol–water partition coefficient (Wildman–Crippen LogP) is 1.000. The summed E-state index contributed by atoms with van der Waals surface area (Å²) in [4.78, 5) is 6.79. The van der Waals surface area contributed by atoms with Crippen molar-refractivity contribution in [3.05, 3.63) is 5.82 Å². The maximum atomic E-state index is 5.88. The standard InChI is InChI=1S/C11H19N5/c12-9-5-6-16(7-9)11-13-10(14-15-11)8-3-1-2-4-8/h8-9H,1-7,12H2,(H,13,14,15). The van der Waals surface area contributed by atoms with Gasteiger partial charge in [-0.2, -0.15) is 4.98 Å². The van der Waals surface area contributed by atoms with Gasteiger partial charge in [0, 0.05) is 25.0 Å². The summed E-state index contributed by atoms with van der Waals surface area (Å²) in [7, 11) is 0. The molecule has 3 N–H and O–H groups in total. The van der Waals surface area contributed by atoms with Crippen molar-refractivity contribution in [1.29, 1.82) is 0 Å². The molecule has 0 radical (unpaired) electrons. The first kappa shape index (κ1) is 10.1. The maximum absolute atomic E-state index is 5.88. The van der Waals surface area contributed by atoms with Gasteiger partial charge in [-0.25, -0.2) is 0 Å². The number of aromatic amines is 1. The van der Waals surface area contributed by atoms with Crippen molar-refractivity contribution < 1.29 is 0 Å². The molecule has 1 aromatic rings. The van der Waals surface area contributed by atoms with E-state index in [2.05, 4.69) is 20.1 Å². The number of nitrogens with one attached hydrogen (secondary N) is 1. The molecule has 1 unspecified atom stereocenters. The van der Waals surface area contributed by atoms with E-state index in [0.717, 1.165) is 31.3 Å². The zero-order valence-electron chi connectivity index (χ0n) is 9.52. The van der Waals surface area contributed by atoms with Crippen molar-refractivity contribution in [3.63, 3.8) is 0 Å². The van der Waals surface area contributed by atoms with Crippen LogP contribution in [0.1, 0.15) is 43.8 Å². The molecule has 1 aromatic heterocycles. The molecule has 1 aliphatic heterocycles.